The summed E-state index contributed by atoms with van der Waals surface area (Å²) in [5.74, 6) is 0.0640. The Morgan fingerprint density at radius 3 is 2.24 bits per heavy atom. The second-order valence-corrected chi connectivity index (χ2v) is 12.2. The fraction of sp³-hybridized carbons (Fsp3) is 0.290. The predicted octanol–water partition coefficient (Wildman–Crippen LogP) is 6.92. The van der Waals surface area contributed by atoms with Gasteiger partial charge in [-0.15, -0.1) is 10.2 Å². The van der Waals surface area contributed by atoms with Crippen molar-refractivity contribution >= 4 is 40.9 Å². The first-order chi connectivity index (χ1) is 21.2. The highest BCUT2D eigenvalue weighted by Crippen LogP contribution is 2.35. The minimum Gasteiger partial charge on any atom is -0.497 e. The minimum atomic E-state index is -4.60. The van der Waals surface area contributed by atoms with Gasteiger partial charge in [0.2, 0.25) is 5.91 Å². The smallest absolute Gasteiger partial charge is 0.416 e. The Morgan fingerprint density at radius 1 is 0.933 bits per heavy atom. The van der Waals surface area contributed by atoms with E-state index in [1.807, 2.05) is 12.1 Å². The lowest BCUT2D eigenvalue weighted by molar-refractivity contribution is -0.137. The van der Waals surface area contributed by atoms with E-state index in [9.17, 15) is 22.8 Å². The highest BCUT2D eigenvalue weighted by atomic mass is 35.5. The Morgan fingerprint density at radius 2 is 1.62 bits per heavy atom. The van der Waals surface area contributed by atoms with Crippen molar-refractivity contribution in [1.82, 2.24) is 20.1 Å². The lowest BCUT2D eigenvalue weighted by atomic mass is 9.87. The molecule has 0 aliphatic carbocycles. The molecular weight excluding hydrogens is 631 g/mol. The van der Waals surface area contributed by atoms with E-state index in [4.69, 9.17) is 21.1 Å². The van der Waals surface area contributed by atoms with Gasteiger partial charge in [-0.1, -0.05) is 56.3 Å². The van der Waals surface area contributed by atoms with Gasteiger partial charge in [-0.25, -0.2) is 0 Å². The molecule has 2 amide bonds. The van der Waals surface area contributed by atoms with Gasteiger partial charge in [0.05, 0.1) is 48.5 Å². The maximum atomic E-state index is 13.2. The summed E-state index contributed by atoms with van der Waals surface area (Å²) in [6, 6.07) is 15.1. The number of rotatable bonds is 10. The molecular formula is C31H31ClF3N5O4S. The van der Waals surface area contributed by atoms with Crippen LogP contribution < -0.4 is 20.1 Å². The molecule has 238 valence electrons. The lowest BCUT2D eigenvalue weighted by Crippen LogP contribution is -2.25. The number of benzene rings is 3. The Bertz CT molecular complexity index is 1690. The zero-order valence-corrected chi connectivity index (χ0v) is 26.7. The van der Waals surface area contributed by atoms with E-state index in [-0.39, 0.29) is 39.5 Å². The Hall–Kier alpha value is -4.23. The van der Waals surface area contributed by atoms with Crippen LogP contribution in [0.3, 0.4) is 0 Å². The summed E-state index contributed by atoms with van der Waals surface area (Å²) in [6.45, 7) is 6.23. The van der Waals surface area contributed by atoms with Crippen LogP contribution in [0.15, 0.2) is 65.8 Å². The summed E-state index contributed by atoms with van der Waals surface area (Å²) in [5.41, 5.74) is 0.844. The quantitative estimate of drug-likeness (QED) is 0.178. The zero-order valence-electron chi connectivity index (χ0n) is 25.1. The van der Waals surface area contributed by atoms with Gasteiger partial charge in [-0.05, 0) is 53.4 Å². The highest BCUT2D eigenvalue weighted by Gasteiger charge is 2.31. The predicted molar refractivity (Wildman–Crippen MR) is 167 cm³/mol. The van der Waals surface area contributed by atoms with Crippen molar-refractivity contribution in [1.29, 1.82) is 0 Å². The molecule has 4 rings (SSSR count). The van der Waals surface area contributed by atoms with Crippen LogP contribution in [0.1, 0.15) is 48.1 Å². The van der Waals surface area contributed by atoms with Crippen molar-refractivity contribution < 1.29 is 32.2 Å². The maximum Gasteiger partial charge on any atom is 0.416 e. The topological polar surface area (TPSA) is 107 Å². The number of carbonyl (C=O) groups is 2. The second kappa shape index (κ2) is 13.8. The molecule has 14 heteroatoms. The number of aromatic nitrogens is 3. The van der Waals surface area contributed by atoms with Gasteiger partial charge in [0, 0.05) is 11.6 Å². The lowest BCUT2D eigenvalue weighted by Gasteiger charge is -2.19. The third-order valence-electron chi connectivity index (χ3n) is 6.65. The molecule has 0 atom stereocenters. The molecule has 9 nitrogen and oxygen atoms in total. The molecule has 1 heterocycles. The SMILES string of the molecule is COc1ccc(OC)c(-n2c(CNC(=O)c3ccc(C(C)(C)C)cc3)nnc2SCC(=O)Nc2cc(C(F)(F)F)ccc2Cl)c1. The number of ether oxygens (including phenoxy) is 2. The first-order valence-corrected chi connectivity index (χ1v) is 14.9. The van der Waals surface area contributed by atoms with Crippen molar-refractivity contribution in [2.75, 3.05) is 25.3 Å². The summed E-state index contributed by atoms with van der Waals surface area (Å²) in [5, 5.41) is 14.0. The number of amides is 2. The van der Waals surface area contributed by atoms with Crippen molar-refractivity contribution in [3.63, 3.8) is 0 Å². The Kier molecular flexibility index (Phi) is 10.3. The number of hydrogen-bond donors (Lipinski definition) is 2. The summed E-state index contributed by atoms with van der Waals surface area (Å²) in [7, 11) is 2.99. The molecule has 1 aromatic heterocycles. The van der Waals surface area contributed by atoms with E-state index in [0.29, 0.717) is 28.6 Å². The van der Waals surface area contributed by atoms with Crippen LogP contribution in [0.2, 0.25) is 5.02 Å². The fourth-order valence-electron chi connectivity index (χ4n) is 4.22. The van der Waals surface area contributed by atoms with E-state index in [0.717, 1.165) is 35.5 Å². The zero-order chi connectivity index (χ0) is 32.9. The molecule has 0 aliphatic heterocycles. The third kappa shape index (κ3) is 8.28. The largest absolute Gasteiger partial charge is 0.497 e. The Labute approximate surface area is 267 Å². The number of nitrogens with zero attached hydrogens (tertiary/aromatic N) is 3. The molecule has 0 saturated carbocycles. The number of hydrogen-bond acceptors (Lipinski definition) is 7. The minimum absolute atomic E-state index is 0.0280. The molecule has 4 aromatic rings. The highest BCUT2D eigenvalue weighted by molar-refractivity contribution is 7.99. The molecule has 0 saturated heterocycles. The maximum absolute atomic E-state index is 13.2. The van der Waals surface area contributed by atoms with Gasteiger partial charge in [-0.3, -0.25) is 14.2 Å². The van der Waals surface area contributed by atoms with Crippen LogP contribution in [-0.4, -0.2) is 46.6 Å². The summed E-state index contributed by atoms with van der Waals surface area (Å²) >= 11 is 7.01. The molecule has 0 fully saturated rings. The molecule has 0 aliphatic rings. The number of anilines is 1. The van der Waals surface area contributed by atoms with Crippen molar-refractivity contribution in [3.05, 3.63) is 88.2 Å². The molecule has 0 radical (unpaired) electrons. The van der Waals surface area contributed by atoms with E-state index in [1.54, 1.807) is 34.9 Å². The number of alkyl halides is 3. The molecule has 2 N–H and O–H groups in total. The van der Waals surface area contributed by atoms with Gasteiger partial charge >= 0.3 is 6.18 Å². The standard InChI is InChI=1S/C31H31ClF3N5O4S/c1-30(2,3)19-8-6-18(7-9-19)28(42)36-16-26-38-39-29(40(26)24-15-21(43-4)11-13-25(24)44-5)45-17-27(41)37-23-14-20(31(33,34)35)10-12-22(23)32/h6-15H,16-17H2,1-5H3,(H,36,42)(H,37,41). The van der Waals surface area contributed by atoms with E-state index < -0.39 is 17.6 Å². The average Bonchev–Trinajstić information content (AvgIpc) is 3.41. The molecule has 0 unspecified atom stereocenters. The van der Waals surface area contributed by atoms with Crippen LogP contribution in [0.5, 0.6) is 11.5 Å². The van der Waals surface area contributed by atoms with Gasteiger partial charge in [0.1, 0.15) is 11.5 Å². The number of methoxy groups -OCH3 is 2. The van der Waals surface area contributed by atoms with Crippen LogP contribution in [0.25, 0.3) is 5.69 Å². The summed E-state index contributed by atoms with van der Waals surface area (Å²) in [4.78, 5) is 25.8. The average molecular weight is 662 g/mol. The molecule has 3 aromatic carbocycles. The van der Waals surface area contributed by atoms with Gasteiger partial charge < -0.3 is 20.1 Å². The fourth-order valence-corrected chi connectivity index (χ4v) is 5.15. The number of carbonyl (C=O) groups excluding carboxylic acids is 2. The second-order valence-electron chi connectivity index (χ2n) is 10.8. The Balaban J connectivity index is 1.58. The normalized spacial score (nSPS) is 11.7. The van der Waals surface area contributed by atoms with Gasteiger partial charge in [0.25, 0.3) is 5.91 Å². The number of thioether (sulfide) groups is 1. The number of nitrogens with one attached hydrogen (secondary N) is 2. The monoisotopic (exact) mass is 661 g/mol. The van der Waals surface area contributed by atoms with E-state index in [1.165, 1.54) is 14.2 Å². The van der Waals surface area contributed by atoms with Crippen LogP contribution >= 0.6 is 23.4 Å². The summed E-state index contributed by atoms with van der Waals surface area (Å²) < 4.78 is 52.1. The third-order valence-corrected chi connectivity index (χ3v) is 7.91. The summed E-state index contributed by atoms with van der Waals surface area (Å²) in [6.07, 6.45) is -4.60. The van der Waals surface area contributed by atoms with E-state index >= 15 is 0 Å². The van der Waals surface area contributed by atoms with Crippen LogP contribution in [-0.2, 0) is 22.9 Å². The van der Waals surface area contributed by atoms with Crippen molar-refractivity contribution in [3.8, 4) is 17.2 Å². The first-order valence-electron chi connectivity index (χ1n) is 13.6. The number of halogens is 4. The van der Waals surface area contributed by atoms with Gasteiger partial charge in [0.15, 0.2) is 11.0 Å². The van der Waals surface area contributed by atoms with Crippen LogP contribution in [0.4, 0.5) is 18.9 Å². The molecule has 45 heavy (non-hydrogen) atoms. The van der Waals surface area contributed by atoms with E-state index in [2.05, 4.69) is 41.6 Å². The van der Waals surface area contributed by atoms with Crippen molar-refractivity contribution in [2.45, 2.75) is 44.1 Å². The van der Waals surface area contributed by atoms with Crippen molar-refractivity contribution in [2.24, 2.45) is 0 Å². The van der Waals surface area contributed by atoms with Gasteiger partial charge in [-0.2, -0.15) is 13.2 Å². The molecule has 0 spiro atoms. The first kappa shape index (κ1) is 33.7. The van der Waals surface area contributed by atoms with Crippen LogP contribution in [0, 0.1) is 0 Å². The molecule has 0 bridgehead atoms.